The van der Waals surface area contributed by atoms with Crippen LogP contribution in [0.25, 0.3) is 10.8 Å². The van der Waals surface area contributed by atoms with Crippen LogP contribution in [0.1, 0.15) is 23.5 Å². The summed E-state index contributed by atoms with van der Waals surface area (Å²) in [7, 11) is 2.75. The molecule has 1 atom stereocenters. The van der Waals surface area contributed by atoms with Crippen LogP contribution in [0.15, 0.2) is 60.7 Å². The van der Waals surface area contributed by atoms with Gasteiger partial charge in [-0.25, -0.2) is 4.79 Å². The smallest absolute Gasteiger partial charge is 0.374 e. The Morgan fingerprint density at radius 1 is 1.00 bits per heavy atom. The molecule has 1 N–H and O–H groups in total. The van der Waals surface area contributed by atoms with E-state index >= 15 is 0 Å². The second-order valence-corrected chi connectivity index (χ2v) is 6.17. The van der Waals surface area contributed by atoms with E-state index in [0.717, 1.165) is 16.3 Å². The molecule has 0 saturated heterocycles. The van der Waals surface area contributed by atoms with Crippen LogP contribution in [0.3, 0.4) is 0 Å². The van der Waals surface area contributed by atoms with Crippen LogP contribution in [-0.2, 0) is 14.3 Å². The van der Waals surface area contributed by atoms with Gasteiger partial charge >= 0.3 is 5.97 Å². The maximum Gasteiger partial charge on any atom is 0.374 e. The second-order valence-electron chi connectivity index (χ2n) is 6.17. The molecule has 0 saturated carbocycles. The number of phenolic OH excluding ortho intramolecular Hbond substituents is 1. The average molecular weight is 364 g/mol. The fraction of sp³-hybridized carbons (Fsp3) is 0.182. The van der Waals surface area contributed by atoms with Crippen molar-refractivity contribution in [2.45, 2.75) is 12.3 Å². The molecule has 0 fully saturated rings. The molecule has 0 amide bonds. The van der Waals surface area contributed by atoms with Crippen molar-refractivity contribution in [3.8, 4) is 11.5 Å². The first-order chi connectivity index (χ1) is 13.0. The highest BCUT2D eigenvalue weighted by molar-refractivity contribution is 6.33. The van der Waals surface area contributed by atoms with Gasteiger partial charge in [0.15, 0.2) is 0 Å². The van der Waals surface area contributed by atoms with Crippen molar-refractivity contribution < 1.29 is 24.2 Å². The predicted octanol–water partition coefficient (Wildman–Crippen LogP) is 3.82. The fourth-order valence-corrected chi connectivity index (χ4v) is 3.26. The van der Waals surface area contributed by atoms with Crippen LogP contribution >= 0.6 is 0 Å². The van der Waals surface area contributed by atoms with E-state index in [0.29, 0.717) is 11.3 Å². The van der Waals surface area contributed by atoms with Gasteiger partial charge in [0.2, 0.25) is 5.78 Å². The summed E-state index contributed by atoms with van der Waals surface area (Å²) in [4.78, 5) is 24.0. The molecule has 0 bridgehead atoms. The summed E-state index contributed by atoms with van der Waals surface area (Å²) in [5.41, 5.74) is 1.40. The first-order valence-electron chi connectivity index (χ1n) is 8.51. The minimum atomic E-state index is -0.895. The van der Waals surface area contributed by atoms with Crippen LogP contribution < -0.4 is 4.74 Å². The van der Waals surface area contributed by atoms with Crippen molar-refractivity contribution >= 4 is 22.5 Å². The largest absolute Gasteiger partial charge is 0.508 e. The number of carbonyl (C=O) groups excluding carboxylic acids is 2. The minimum absolute atomic E-state index is 0.0577. The Kier molecular flexibility index (Phi) is 5.41. The Balaban J connectivity index is 2.21. The van der Waals surface area contributed by atoms with E-state index in [1.165, 1.54) is 7.11 Å². The van der Waals surface area contributed by atoms with Crippen molar-refractivity contribution in [1.82, 2.24) is 0 Å². The molecule has 0 aliphatic heterocycles. The molecule has 3 aromatic carbocycles. The Bertz CT molecular complexity index is 979. The third-order valence-corrected chi connectivity index (χ3v) is 4.60. The zero-order valence-electron chi connectivity index (χ0n) is 15.1. The molecule has 0 aromatic heterocycles. The van der Waals surface area contributed by atoms with Gasteiger partial charge < -0.3 is 14.6 Å². The number of benzene rings is 3. The zero-order valence-corrected chi connectivity index (χ0v) is 15.1. The number of phenols is 1. The van der Waals surface area contributed by atoms with E-state index in [1.54, 1.807) is 19.2 Å². The van der Waals surface area contributed by atoms with E-state index < -0.39 is 17.7 Å². The van der Waals surface area contributed by atoms with Crippen molar-refractivity contribution in [2.75, 3.05) is 14.2 Å². The second kappa shape index (κ2) is 7.91. The highest BCUT2D eigenvalue weighted by atomic mass is 16.5. The molecule has 27 heavy (non-hydrogen) atoms. The molecule has 5 heteroatoms. The Morgan fingerprint density at radius 3 is 2.37 bits per heavy atom. The molecular formula is C22H20O5. The number of carbonyl (C=O) groups is 2. The van der Waals surface area contributed by atoms with Crippen LogP contribution in [0.2, 0.25) is 0 Å². The summed E-state index contributed by atoms with van der Waals surface area (Å²) >= 11 is 0. The van der Waals surface area contributed by atoms with Gasteiger partial charge in [0.25, 0.3) is 0 Å². The molecule has 0 unspecified atom stereocenters. The summed E-state index contributed by atoms with van der Waals surface area (Å²) in [6.45, 7) is 0. The lowest BCUT2D eigenvalue weighted by atomic mass is 9.83. The summed E-state index contributed by atoms with van der Waals surface area (Å²) in [5, 5.41) is 12.3. The van der Waals surface area contributed by atoms with Gasteiger partial charge in [0.1, 0.15) is 11.5 Å². The number of ether oxygens (including phenoxy) is 2. The molecule has 0 spiro atoms. The monoisotopic (exact) mass is 364 g/mol. The predicted molar refractivity (Wildman–Crippen MR) is 102 cm³/mol. The molecule has 0 aliphatic carbocycles. The quantitative estimate of drug-likeness (QED) is 0.532. The standard InChI is InChI=1S/C22H20O5/c1-26-16-10-8-15-9-11-19(23)21(17(15)12-16)18(13-20(24)22(25)27-2)14-6-4-3-5-7-14/h3-12,18,23H,13H2,1-2H3/t18-/m1/s1. The van der Waals surface area contributed by atoms with E-state index in [1.807, 2.05) is 48.5 Å². The lowest BCUT2D eigenvalue weighted by Gasteiger charge is -2.20. The van der Waals surface area contributed by atoms with Crippen LogP contribution in [0.5, 0.6) is 11.5 Å². The van der Waals surface area contributed by atoms with Crippen LogP contribution in [0, 0.1) is 0 Å². The Labute approximate surface area is 157 Å². The zero-order chi connectivity index (χ0) is 19.4. The molecule has 138 valence electrons. The number of methoxy groups -OCH3 is 2. The molecule has 3 rings (SSSR count). The van der Waals surface area contributed by atoms with Crippen molar-refractivity contribution in [3.05, 3.63) is 71.8 Å². The third kappa shape index (κ3) is 3.77. The average Bonchev–Trinajstić information content (AvgIpc) is 2.71. The highest BCUT2D eigenvalue weighted by Gasteiger charge is 2.27. The Morgan fingerprint density at radius 2 is 1.70 bits per heavy atom. The number of hydrogen-bond acceptors (Lipinski definition) is 5. The van der Waals surface area contributed by atoms with Gasteiger partial charge in [-0.3, -0.25) is 4.79 Å². The maximum atomic E-state index is 12.3. The number of hydrogen-bond donors (Lipinski definition) is 1. The van der Waals surface area contributed by atoms with E-state index in [-0.39, 0.29) is 12.2 Å². The number of fused-ring (bicyclic) bond motifs is 1. The minimum Gasteiger partial charge on any atom is -0.508 e. The van der Waals surface area contributed by atoms with Crippen molar-refractivity contribution in [3.63, 3.8) is 0 Å². The maximum absolute atomic E-state index is 12.3. The molecule has 0 heterocycles. The topological polar surface area (TPSA) is 72.8 Å². The first kappa shape index (κ1) is 18.5. The Hall–Kier alpha value is -3.34. The van der Waals surface area contributed by atoms with Crippen molar-refractivity contribution in [2.24, 2.45) is 0 Å². The van der Waals surface area contributed by atoms with Crippen molar-refractivity contribution in [1.29, 1.82) is 0 Å². The van der Waals surface area contributed by atoms with Crippen LogP contribution in [0.4, 0.5) is 0 Å². The van der Waals surface area contributed by atoms with E-state index in [2.05, 4.69) is 4.74 Å². The summed E-state index contributed by atoms with van der Waals surface area (Å²) in [6.07, 6.45) is -0.111. The molecular weight excluding hydrogens is 344 g/mol. The number of rotatable bonds is 6. The molecule has 0 radical (unpaired) electrons. The van der Waals surface area contributed by atoms with Gasteiger partial charge in [0.05, 0.1) is 14.2 Å². The van der Waals surface area contributed by atoms with E-state index in [9.17, 15) is 14.7 Å². The number of aromatic hydroxyl groups is 1. The molecule has 3 aromatic rings. The lowest BCUT2D eigenvalue weighted by Crippen LogP contribution is -2.19. The molecule has 5 nitrogen and oxygen atoms in total. The van der Waals surface area contributed by atoms with Gasteiger partial charge in [-0.15, -0.1) is 0 Å². The number of ketones is 1. The van der Waals surface area contributed by atoms with Gasteiger partial charge in [-0.05, 0) is 34.5 Å². The third-order valence-electron chi connectivity index (χ3n) is 4.60. The molecule has 0 aliphatic rings. The van der Waals surface area contributed by atoms with Gasteiger partial charge in [-0.2, -0.15) is 0 Å². The number of Topliss-reactive ketones (excluding diaryl/α,β-unsaturated/α-hetero) is 1. The lowest BCUT2D eigenvalue weighted by molar-refractivity contribution is -0.151. The van der Waals surface area contributed by atoms with Crippen LogP contribution in [-0.4, -0.2) is 31.1 Å². The summed E-state index contributed by atoms with van der Waals surface area (Å²) in [5.74, 6) is -1.35. The van der Waals surface area contributed by atoms with Gasteiger partial charge in [-0.1, -0.05) is 42.5 Å². The highest BCUT2D eigenvalue weighted by Crippen LogP contribution is 2.40. The SMILES string of the molecule is COC(=O)C(=O)C[C@H](c1ccccc1)c1c(O)ccc2ccc(OC)cc12. The summed E-state index contributed by atoms with van der Waals surface area (Å²) in [6, 6.07) is 18.3. The van der Waals surface area contributed by atoms with Gasteiger partial charge in [0, 0.05) is 17.9 Å². The number of esters is 1. The summed E-state index contributed by atoms with van der Waals surface area (Å²) < 4.78 is 9.88. The normalized spacial score (nSPS) is 11.8. The fourth-order valence-electron chi connectivity index (χ4n) is 3.26. The first-order valence-corrected chi connectivity index (χ1v) is 8.51. The van der Waals surface area contributed by atoms with E-state index in [4.69, 9.17) is 4.74 Å².